The molecule has 1 heterocycles. The smallest absolute Gasteiger partial charge is 0.0679 e. The fraction of sp³-hybridized carbons (Fsp3) is 0.333. The molecule has 1 unspecified atom stereocenters. The van der Waals surface area contributed by atoms with Crippen molar-refractivity contribution >= 4 is 0 Å². The van der Waals surface area contributed by atoms with E-state index < -0.39 is 0 Å². The summed E-state index contributed by atoms with van der Waals surface area (Å²) in [5, 5.41) is 9.52. The minimum atomic E-state index is -0.115. The van der Waals surface area contributed by atoms with Crippen LogP contribution in [0.3, 0.4) is 0 Å². The maximum Gasteiger partial charge on any atom is 0.0679 e. The molecule has 0 aromatic heterocycles. The van der Waals surface area contributed by atoms with Gasteiger partial charge in [-0.3, -0.25) is 0 Å². The van der Waals surface area contributed by atoms with Gasteiger partial charge in [-0.25, -0.2) is 0 Å². The maximum atomic E-state index is 9.52. The Morgan fingerprint density at radius 1 is 0.950 bits per heavy atom. The Balaban J connectivity index is 1.59. The zero-order valence-corrected chi connectivity index (χ0v) is 11.7. The Morgan fingerprint density at radius 3 is 2.30 bits per heavy atom. The first-order valence-electron chi connectivity index (χ1n) is 7.36. The maximum absolute atomic E-state index is 9.52. The van der Waals surface area contributed by atoms with Gasteiger partial charge in [0.25, 0.3) is 0 Å². The van der Waals surface area contributed by atoms with Gasteiger partial charge >= 0.3 is 0 Å². The molecular weight excluding hydrogens is 246 g/mol. The van der Waals surface area contributed by atoms with Crippen molar-refractivity contribution < 1.29 is 5.11 Å². The van der Waals surface area contributed by atoms with Crippen molar-refractivity contribution in [1.29, 1.82) is 0 Å². The minimum absolute atomic E-state index is 0.115. The number of benzene rings is 2. The molecule has 1 atom stereocenters. The second kappa shape index (κ2) is 6.21. The molecule has 1 N–H and O–H groups in total. The topological polar surface area (TPSA) is 23.5 Å². The summed E-state index contributed by atoms with van der Waals surface area (Å²) in [4.78, 5) is 2.34. The van der Waals surface area contributed by atoms with Crippen molar-refractivity contribution in [1.82, 2.24) is 4.90 Å². The van der Waals surface area contributed by atoms with Gasteiger partial charge in [0.1, 0.15) is 0 Å². The van der Waals surface area contributed by atoms with Gasteiger partial charge in [0.2, 0.25) is 0 Å². The Bertz CT molecular complexity index is 535. The molecule has 0 bridgehead atoms. The van der Waals surface area contributed by atoms with Crippen LogP contribution in [0, 0.1) is 0 Å². The highest BCUT2D eigenvalue weighted by Crippen LogP contribution is 2.19. The van der Waals surface area contributed by atoms with Gasteiger partial charge in [-0.1, -0.05) is 54.6 Å². The van der Waals surface area contributed by atoms with Crippen LogP contribution in [0.1, 0.15) is 12.0 Å². The zero-order chi connectivity index (χ0) is 13.8. The molecule has 2 heteroatoms. The second-order valence-electron chi connectivity index (χ2n) is 5.56. The summed E-state index contributed by atoms with van der Waals surface area (Å²) in [7, 11) is 0. The second-order valence-corrected chi connectivity index (χ2v) is 5.56. The number of hydrogen-bond acceptors (Lipinski definition) is 2. The summed E-state index contributed by atoms with van der Waals surface area (Å²) < 4.78 is 0. The van der Waals surface area contributed by atoms with Crippen LogP contribution in [0.5, 0.6) is 0 Å². The highest BCUT2D eigenvalue weighted by molar-refractivity contribution is 5.63. The zero-order valence-electron chi connectivity index (χ0n) is 11.7. The van der Waals surface area contributed by atoms with E-state index in [2.05, 4.69) is 53.4 Å². The Morgan fingerprint density at radius 2 is 1.65 bits per heavy atom. The fourth-order valence-corrected chi connectivity index (χ4v) is 2.80. The number of aliphatic hydroxyl groups excluding tert-OH is 1. The average Bonchev–Trinajstić information content (AvgIpc) is 2.92. The van der Waals surface area contributed by atoms with Crippen molar-refractivity contribution in [2.75, 3.05) is 19.6 Å². The molecule has 1 aliphatic rings. The first-order chi connectivity index (χ1) is 9.81. The number of likely N-dealkylation sites (tertiary alicyclic amines) is 1. The summed E-state index contributed by atoms with van der Waals surface area (Å²) in [6.07, 6.45) is 1.87. The van der Waals surface area contributed by atoms with E-state index in [1.165, 1.54) is 16.7 Å². The summed E-state index contributed by atoms with van der Waals surface area (Å²) in [5.41, 5.74) is 3.90. The highest BCUT2D eigenvalue weighted by atomic mass is 16.3. The number of hydrogen-bond donors (Lipinski definition) is 1. The lowest BCUT2D eigenvalue weighted by Gasteiger charge is -2.14. The lowest BCUT2D eigenvalue weighted by molar-refractivity contribution is 0.177. The third kappa shape index (κ3) is 3.27. The van der Waals surface area contributed by atoms with Gasteiger partial charge in [0.15, 0.2) is 0 Å². The molecule has 1 aliphatic heterocycles. The van der Waals surface area contributed by atoms with Crippen LogP contribution in [0.15, 0.2) is 54.6 Å². The third-order valence-corrected chi connectivity index (χ3v) is 4.03. The molecule has 0 saturated carbocycles. The van der Waals surface area contributed by atoms with Crippen molar-refractivity contribution in [2.45, 2.75) is 18.9 Å². The highest BCUT2D eigenvalue weighted by Gasteiger charge is 2.19. The van der Waals surface area contributed by atoms with E-state index in [0.717, 1.165) is 32.5 Å². The molecular formula is C18H21NO. The Kier molecular flexibility index (Phi) is 4.14. The van der Waals surface area contributed by atoms with E-state index in [0.29, 0.717) is 0 Å². The standard InChI is InChI=1S/C18H21NO/c20-18-11-13-19(14-18)12-10-15-6-8-17(9-7-15)16-4-2-1-3-5-16/h1-9,18,20H,10-14H2. The normalized spacial score (nSPS) is 19.4. The lowest BCUT2D eigenvalue weighted by atomic mass is 10.0. The van der Waals surface area contributed by atoms with Crippen LogP contribution in [0.2, 0.25) is 0 Å². The molecule has 2 nitrogen and oxygen atoms in total. The van der Waals surface area contributed by atoms with E-state index in [1.807, 2.05) is 6.07 Å². The van der Waals surface area contributed by atoms with E-state index >= 15 is 0 Å². The molecule has 0 aliphatic carbocycles. The monoisotopic (exact) mass is 267 g/mol. The molecule has 1 saturated heterocycles. The minimum Gasteiger partial charge on any atom is -0.392 e. The molecule has 2 aromatic carbocycles. The summed E-state index contributed by atoms with van der Waals surface area (Å²) in [5.74, 6) is 0. The molecule has 0 spiro atoms. The van der Waals surface area contributed by atoms with Crippen molar-refractivity contribution in [3.05, 3.63) is 60.2 Å². The van der Waals surface area contributed by atoms with Crippen molar-refractivity contribution in [3.8, 4) is 11.1 Å². The number of nitrogens with zero attached hydrogens (tertiary/aromatic N) is 1. The summed E-state index contributed by atoms with van der Waals surface area (Å²) in [6, 6.07) is 19.3. The predicted octanol–water partition coefficient (Wildman–Crippen LogP) is 2.96. The molecule has 3 rings (SSSR count). The Hall–Kier alpha value is -1.64. The SMILES string of the molecule is OC1CCN(CCc2ccc(-c3ccccc3)cc2)C1. The van der Waals surface area contributed by atoms with Gasteiger partial charge in [-0.2, -0.15) is 0 Å². The van der Waals surface area contributed by atoms with Crippen LogP contribution in [-0.2, 0) is 6.42 Å². The van der Waals surface area contributed by atoms with Crippen LogP contribution in [0.25, 0.3) is 11.1 Å². The summed E-state index contributed by atoms with van der Waals surface area (Å²) >= 11 is 0. The van der Waals surface area contributed by atoms with Crippen LogP contribution < -0.4 is 0 Å². The molecule has 20 heavy (non-hydrogen) atoms. The summed E-state index contributed by atoms with van der Waals surface area (Å²) in [6.45, 7) is 2.91. The lowest BCUT2D eigenvalue weighted by Crippen LogP contribution is -2.24. The van der Waals surface area contributed by atoms with E-state index in [4.69, 9.17) is 0 Å². The molecule has 0 amide bonds. The molecule has 0 radical (unpaired) electrons. The van der Waals surface area contributed by atoms with Crippen LogP contribution in [0.4, 0.5) is 0 Å². The predicted molar refractivity (Wildman–Crippen MR) is 82.6 cm³/mol. The van der Waals surface area contributed by atoms with Gasteiger partial charge in [-0.05, 0) is 29.5 Å². The molecule has 2 aromatic rings. The van der Waals surface area contributed by atoms with E-state index in [1.54, 1.807) is 0 Å². The first-order valence-corrected chi connectivity index (χ1v) is 7.36. The number of aliphatic hydroxyl groups is 1. The first kappa shape index (κ1) is 13.3. The van der Waals surface area contributed by atoms with Gasteiger partial charge in [0.05, 0.1) is 6.10 Å². The van der Waals surface area contributed by atoms with Gasteiger partial charge < -0.3 is 10.0 Å². The quantitative estimate of drug-likeness (QED) is 0.920. The third-order valence-electron chi connectivity index (χ3n) is 4.03. The Labute approximate surface area is 120 Å². The van der Waals surface area contributed by atoms with E-state index in [-0.39, 0.29) is 6.10 Å². The molecule has 104 valence electrons. The molecule has 1 fully saturated rings. The van der Waals surface area contributed by atoms with Gasteiger partial charge in [-0.15, -0.1) is 0 Å². The van der Waals surface area contributed by atoms with Crippen molar-refractivity contribution in [3.63, 3.8) is 0 Å². The fourth-order valence-electron chi connectivity index (χ4n) is 2.80. The number of rotatable bonds is 4. The average molecular weight is 267 g/mol. The van der Waals surface area contributed by atoms with Gasteiger partial charge in [0, 0.05) is 19.6 Å². The van der Waals surface area contributed by atoms with Crippen LogP contribution >= 0.6 is 0 Å². The largest absolute Gasteiger partial charge is 0.392 e. The van der Waals surface area contributed by atoms with Crippen LogP contribution in [-0.4, -0.2) is 35.7 Å². The van der Waals surface area contributed by atoms with Crippen molar-refractivity contribution in [2.24, 2.45) is 0 Å². The van der Waals surface area contributed by atoms with E-state index in [9.17, 15) is 5.11 Å². The number of β-amino-alcohol motifs (C(OH)–C–C–N with tert-alkyl or cyclic N) is 1.